The number of pyridine rings is 2. The Labute approximate surface area is 159 Å². The molecule has 3 heterocycles. The maximum atomic E-state index is 11.1. The van der Waals surface area contributed by atoms with Gasteiger partial charge in [0.05, 0.1) is 11.4 Å². The zero-order valence-corrected chi connectivity index (χ0v) is 16.0. The molecule has 140 valence electrons. The summed E-state index contributed by atoms with van der Waals surface area (Å²) >= 11 is 0. The van der Waals surface area contributed by atoms with Crippen LogP contribution < -0.4 is 0 Å². The van der Waals surface area contributed by atoms with Crippen LogP contribution in [0.2, 0.25) is 0 Å². The number of benzene rings is 1. The number of rotatable bonds is 2. The van der Waals surface area contributed by atoms with Gasteiger partial charge in [0.15, 0.2) is 5.65 Å². The van der Waals surface area contributed by atoms with E-state index in [-0.39, 0.29) is 5.75 Å². The molecule has 1 aliphatic rings. The number of likely N-dealkylation sites (tertiary alicyclic amines) is 1. The van der Waals surface area contributed by atoms with Crippen molar-refractivity contribution in [2.45, 2.75) is 32.3 Å². The predicted octanol–water partition coefficient (Wildman–Crippen LogP) is 3.53. The molecule has 0 bridgehead atoms. The van der Waals surface area contributed by atoms with Gasteiger partial charge in [0, 0.05) is 17.5 Å². The lowest BCUT2D eigenvalue weighted by atomic mass is 9.89. The molecule has 1 aliphatic heterocycles. The summed E-state index contributed by atoms with van der Waals surface area (Å²) in [6.07, 6.45) is 1.64. The lowest BCUT2D eigenvalue weighted by molar-refractivity contribution is -0.0309. The lowest BCUT2D eigenvalue weighted by Gasteiger charge is -2.36. The maximum absolute atomic E-state index is 11.1. The van der Waals surface area contributed by atoms with E-state index in [0.717, 1.165) is 35.0 Å². The maximum Gasteiger partial charge on any atom is 0.160 e. The lowest BCUT2D eigenvalue weighted by Crippen LogP contribution is -2.44. The minimum absolute atomic E-state index is 0.225. The molecule has 5 nitrogen and oxygen atoms in total. The number of phenolic OH excluding ortho intramolecular Hbond substituents is 1. The number of aromatic nitrogens is 2. The van der Waals surface area contributed by atoms with Gasteiger partial charge in [-0.25, -0.2) is 9.97 Å². The number of nitrogens with zero attached hydrogens (tertiary/aromatic N) is 3. The van der Waals surface area contributed by atoms with Gasteiger partial charge < -0.3 is 15.1 Å². The van der Waals surface area contributed by atoms with E-state index in [1.54, 1.807) is 6.07 Å². The highest BCUT2D eigenvalue weighted by Crippen LogP contribution is 2.34. The number of phenols is 1. The van der Waals surface area contributed by atoms with E-state index in [9.17, 15) is 10.2 Å². The molecule has 0 amide bonds. The molecule has 5 heteroatoms. The smallest absolute Gasteiger partial charge is 0.160 e. The predicted molar refractivity (Wildman–Crippen MR) is 107 cm³/mol. The van der Waals surface area contributed by atoms with Gasteiger partial charge in [0.1, 0.15) is 11.4 Å². The number of piperidine rings is 1. The molecule has 1 aromatic carbocycles. The SMILES string of the molecule is Cc1cc(C)c(-c2ccc3ccc(C4(O)CCCN(C)C4)nc3n2)c(O)c1. The normalized spacial score (nSPS) is 20.9. The molecule has 1 saturated heterocycles. The molecule has 0 spiro atoms. The van der Waals surface area contributed by atoms with Gasteiger partial charge in [-0.2, -0.15) is 0 Å². The van der Waals surface area contributed by atoms with Gasteiger partial charge >= 0.3 is 0 Å². The van der Waals surface area contributed by atoms with Gasteiger partial charge in [0.2, 0.25) is 0 Å². The number of likely N-dealkylation sites (N-methyl/N-ethyl adjacent to an activating group) is 1. The van der Waals surface area contributed by atoms with E-state index < -0.39 is 5.60 Å². The minimum Gasteiger partial charge on any atom is -0.507 e. The summed E-state index contributed by atoms with van der Waals surface area (Å²) in [6.45, 7) is 5.49. The van der Waals surface area contributed by atoms with Crippen molar-refractivity contribution in [1.29, 1.82) is 0 Å². The highest BCUT2D eigenvalue weighted by molar-refractivity contribution is 5.81. The van der Waals surface area contributed by atoms with Crippen LogP contribution in [0.4, 0.5) is 0 Å². The zero-order valence-electron chi connectivity index (χ0n) is 16.0. The summed E-state index contributed by atoms with van der Waals surface area (Å²) in [5.41, 5.74) is 3.71. The van der Waals surface area contributed by atoms with Crippen molar-refractivity contribution in [2.24, 2.45) is 0 Å². The minimum atomic E-state index is -0.944. The molecular formula is C22H25N3O2. The Hall–Kier alpha value is -2.50. The van der Waals surface area contributed by atoms with Gasteiger partial charge in [-0.1, -0.05) is 6.07 Å². The first-order valence-electron chi connectivity index (χ1n) is 9.35. The second kappa shape index (κ2) is 6.59. The number of aryl methyl sites for hydroxylation is 2. The van der Waals surface area contributed by atoms with Gasteiger partial charge in [-0.3, -0.25) is 0 Å². The Morgan fingerprint density at radius 1 is 1.07 bits per heavy atom. The fraction of sp³-hybridized carbons (Fsp3) is 0.364. The highest BCUT2D eigenvalue weighted by Gasteiger charge is 2.35. The number of hydrogen-bond acceptors (Lipinski definition) is 5. The van der Waals surface area contributed by atoms with Crippen LogP contribution in [-0.4, -0.2) is 45.2 Å². The number of aliphatic hydroxyl groups is 1. The van der Waals surface area contributed by atoms with Crippen molar-refractivity contribution in [3.63, 3.8) is 0 Å². The van der Waals surface area contributed by atoms with Crippen LogP contribution in [-0.2, 0) is 5.60 Å². The third-order valence-corrected chi connectivity index (χ3v) is 5.41. The third kappa shape index (κ3) is 3.29. The second-order valence-corrected chi connectivity index (χ2v) is 7.79. The molecule has 3 aromatic rings. The molecule has 1 unspecified atom stereocenters. The number of fused-ring (bicyclic) bond motifs is 1. The molecule has 1 fully saturated rings. The Bertz CT molecular complexity index is 995. The van der Waals surface area contributed by atoms with Crippen LogP contribution in [0.3, 0.4) is 0 Å². The van der Waals surface area contributed by atoms with Crippen LogP contribution in [0, 0.1) is 13.8 Å². The van der Waals surface area contributed by atoms with Crippen molar-refractivity contribution in [2.75, 3.05) is 20.1 Å². The topological polar surface area (TPSA) is 69.5 Å². The average Bonchev–Trinajstić information content (AvgIpc) is 2.60. The van der Waals surface area contributed by atoms with Crippen molar-refractivity contribution in [1.82, 2.24) is 14.9 Å². The van der Waals surface area contributed by atoms with Crippen LogP contribution in [0.25, 0.3) is 22.3 Å². The first-order valence-corrected chi connectivity index (χ1v) is 9.35. The van der Waals surface area contributed by atoms with E-state index in [4.69, 9.17) is 9.97 Å². The monoisotopic (exact) mass is 363 g/mol. The number of hydrogen-bond donors (Lipinski definition) is 2. The summed E-state index contributed by atoms with van der Waals surface area (Å²) in [5.74, 6) is 0.225. The van der Waals surface area contributed by atoms with Crippen LogP contribution in [0.1, 0.15) is 29.7 Å². The third-order valence-electron chi connectivity index (χ3n) is 5.41. The summed E-state index contributed by atoms with van der Waals surface area (Å²) in [5, 5.41) is 22.4. The quantitative estimate of drug-likeness (QED) is 0.729. The average molecular weight is 363 g/mol. The van der Waals surface area contributed by atoms with Crippen molar-refractivity contribution >= 4 is 11.0 Å². The Kier molecular flexibility index (Phi) is 4.36. The van der Waals surface area contributed by atoms with Gasteiger partial charge in [-0.15, -0.1) is 0 Å². The number of β-amino-alcohol motifs (C(OH)–C–C–N with tert-alkyl or cyclic N) is 1. The van der Waals surface area contributed by atoms with E-state index in [1.807, 2.05) is 51.2 Å². The summed E-state index contributed by atoms with van der Waals surface area (Å²) in [7, 11) is 2.02. The molecule has 27 heavy (non-hydrogen) atoms. The Morgan fingerprint density at radius 2 is 1.85 bits per heavy atom. The largest absolute Gasteiger partial charge is 0.507 e. The van der Waals surface area contributed by atoms with Crippen LogP contribution >= 0.6 is 0 Å². The molecule has 2 aromatic heterocycles. The standard InChI is InChI=1S/C22H25N3O2/c1-14-11-15(2)20(18(26)12-14)17-7-5-16-6-8-19(24-21(16)23-17)22(27)9-4-10-25(3)13-22/h5-8,11-12,26-27H,4,9-10,13H2,1-3H3. The van der Waals surface area contributed by atoms with Crippen molar-refractivity contribution in [3.8, 4) is 17.0 Å². The highest BCUT2D eigenvalue weighted by atomic mass is 16.3. The number of aromatic hydroxyl groups is 1. The molecule has 0 aliphatic carbocycles. The van der Waals surface area contributed by atoms with E-state index in [2.05, 4.69) is 4.90 Å². The zero-order chi connectivity index (χ0) is 19.2. The summed E-state index contributed by atoms with van der Waals surface area (Å²) in [4.78, 5) is 11.5. The fourth-order valence-electron chi connectivity index (χ4n) is 4.13. The molecular weight excluding hydrogens is 338 g/mol. The van der Waals surface area contributed by atoms with Gasteiger partial charge in [-0.05, 0) is 81.7 Å². The Balaban J connectivity index is 1.81. The molecule has 1 atom stereocenters. The second-order valence-electron chi connectivity index (χ2n) is 7.79. The Morgan fingerprint density at radius 3 is 2.59 bits per heavy atom. The van der Waals surface area contributed by atoms with Crippen molar-refractivity contribution in [3.05, 3.63) is 53.2 Å². The molecule has 4 rings (SSSR count). The van der Waals surface area contributed by atoms with E-state index >= 15 is 0 Å². The fourth-order valence-corrected chi connectivity index (χ4v) is 4.13. The van der Waals surface area contributed by atoms with Gasteiger partial charge in [0.25, 0.3) is 0 Å². The molecule has 2 N–H and O–H groups in total. The first-order chi connectivity index (χ1) is 12.9. The molecule has 0 radical (unpaired) electrons. The summed E-state index contributed by atoms with van der Waals surface area (Å²) in [6, 6.07) is 11.5. The first kappa shape index (κ1) is 17.9. The van der Waals surface area contributed by atoms with E-state index in [1.165, 1.54) is 0 Å². The van der Waals surface area contributed by atoms with Crippen LogP contribution in [0.5, 0.6) is 5.75 Å². The molecule has 0 saturated carbocycles. The van der Waals surface area contributed by atoms with Crippen molar-refractivity contribution < 1.29 is 10.2 Å². The van der Waals surface area contributed by atoms with E-state index in [0.29, 0.717) is 30.0 Å². The summed E-state index contributed by atoms with van der Waals surface area (Å²) < 4.78 is 0. The van der Waals surface area contributed by atoms with Crippen LogP contribution in [0.15, 0.2) is 36.4 Å².